The van der Waals surface area contributed by atoms with Crippen molar-refractivity contribution in [2.45, 2.75) is 51.0 Å². The molecule has 6 heteroatoms. The molecule has 158 valence electrons. The molecule has 1 amide bonds. The Balaban J connectivity index is 0.00000240. The minimum atomic E-state index is -0.497. The first kappa shape index (κ1) is 21.8. The fourth-order valence-corrected chi connectivity index (χ4v) is 4.75. The quantitative estimate of drug-likeness (QED) is 0.810. The lowest BCUT2D eigenvalue weighted by Crippen LogP contribution is -2.57. The van der Waals surface area contributed by atoms with Crippen LogP contribution in [0.5, 0.6) is 0 Å². The number of aromatic nitrogens is 2. The second-order valence-corrected chi connectivity index (χ2v) is 8.49. The van der Waals surface area contributed by atoms with Gasteiger partial charge in [-0.2, -0.15) is 5.10 Å². The highest BCUT2D eigenvalue weighted by Gasteiger charge is 2.44. The van der Waals surface area contributed by atoms with Crippen molar-refractivity contribution in [3.63, 3.8) is 0 Å². The van der Waals surface area contributed by atoms with E-state index in [0.717, 1.165) is 64.2 Å². The van der Waals surface area contributed by atoms with Gasteiger partial charge in [-0.25, -0.2) is 0 Å². The van der Waals surface area contributed by atoms with Crippen LogP contribution in [0.2, 0.25) is 0 Å². The zero-order chi connectivity index (χ0) is 19.4. The Morgan fingerprint density at radius 1 is 1.17 bits per heavy atom. The molecular weight excluding hydrogens is 384 g/mol. The van der Waals surface area contributed by atoms with E-state index >= 15 is 0 Å². The number of halogens is 1. The van der Waals surface area contributed by atoms with Crippen molar-refractivity contribution >= 4 is 18.3 Å². The van der Waals surface area contributed by atoms with Crippen molar-refractivity contribution in [2.24, 2.45) is 5.92 Å². The Morgan fingerprint density at radius 3 is 2.48 bits per heavy atom. The van der Waals surface area contributed by atoms with Crippen LogP contribution in [0.15, 0.2) is 42.7 Å². The number of nitrogens with one attached hydrogen (secondary N) is 1. The van der Waals surface area contributed by atoms with Gasteiger partial charge >= 0.3 is 0 Å². The maximum Gasteiger partial charge on any atom is 0.250 e. The van der Waals surface area contributed by atoms with Crippen LogP contribution in [0, 0.1) is 12.8 Å². The summed E-state index contributed by atoms with van der Waals surface area (Å²) in [6.45, 7) is 5.65. The van der Waals surface area contributed by atoms with Gasteiger partial charge < -0.3 is 10.2 Å². The molecule has 2 aromatic rings. The molecule has 4 rings (SSSR count). The fourth-order valence-electron chi connectivity index (χ4n) is 4.75. The van der Waals surface area contributed by atoms with E-state index in [-0.39, 0.29) is 18.3 Å². The largest absolute Gasteiger partial charge is 0.341 e. The Labute approximate surface area is 180 Å². The van der Waals surface area contributed by atoms with Gasteiger partial charge in [0, 0.05) is 25.5 Å². The first-order valence-corrected chi connectivity index (χ1v) is 10.7. The number of likely N-dealkylation sites (tertiary alicyclic amines) is 1. The number of nitrogens with zero attached hydrogens (tertiary/aromatic N) is 3. The average Bonchev–Trinajstić information content (AvgIpc) is 3.29. The topological polar surface area (TPSA) is 50.2 Å². The average molecular weight is 417 g/mol. The van der Waals surface area contributed by atoms with Crippen LogP contribution in [0.4, 0.5) is 0 Å². The fraction of sp³-hybridized carbons (Fsp3) is 0.565. The van der Waals surface area contributed by atoms with Gasteiger partial charge in [0.2, 0.25) is 0 Å². The number of piperidine rings is 2. The highest BCUT2D eigenvalue weighted by Crippen LogP contribution is 2.32. The summed E-state index contributed by atoms with van der Waals surface area (Å²) in [5, 5.41) is 7.84. The zero-order valence-corrected chi connectivity index (χ0v) is 18.2. The predicted molar refractivity (Wildman–Crippen MR) is 118 cm³/mol. The van der Waals surface area contributed by atoms with Gasteiger partial charge in [-0.3, -0.25) is 9.48 Å². The number of hydrogen-bond acceptors (Lipinski definition) is 3. The van der Waals surface area contributed by atoms with Crippen LogP contribution in [0.3, 0.4) is 0 Å². The lowest BCUT2D eigenvalue weighted by molar-refractivity contribution is -0.144. The SMILES string of the molecule is Cc1ccc(CCC2CCN(C(=O)C3(n4cccn4)CCNCC3)CC2)cc1.Cl. The minimum absolute atomic E-state index is 0. The van der Waals surface area contributed by atoms with E-state index in [4.69, 9.17) is 0 Å². The molecule has 1 N–H and O–H groups in total. The molecule has 2 saturated heterocycles. The lowest BCUT2D eigenvalue weighted by Gasteiger charge is -2.42. The lowest BCUT2D eigenvalue weighted by atomic mass is 9.84. The summed E-state index contributed by atoms with van der Waals surface area (Å²) >= 11 is 0. The molecule has 0 saturated carbocycles. The monoisotopic (exact) mass is 416 g/mol. The maximum atomic E-state index is 13.5. The van der Waals surface area contributed by atoms with Gasteiger partial charge in [-0.1, -0.05) is 29.8 Å². The normalized spacial score (nSPS) is 19.6. The summed E-state index contributed by atoms with van der Waals surface area (Å²) in [5.41, 5.74) is 2.25. The molecule has 1 aromatic heterocycles. The number of rotatable bonds is 5. The van der Waals surface area contributed by atoms with E-state index in [1.54, 1.807) is 6.20 Å². The second kappa shape index (κ2) is 9.77. The number of benzene rings is 1. The predicted octanol–water partition coefficient (Wildman–Crippen LogP) is 3.56. The van der Waals surface area contributed by atoms with E-state index in [2.05, 4.69) is 46.5 Å². The summed E-state index contributed by atoms with van der Waals surface area (Å²) in [5.74, 6) is 0.994. The molecule has 5 nitrogen and oxygen atoms in total. The molecule has 0 radical (unpaired) electrons. The first-order valence-electron chi connectivity index (χ1n) is 10.7. The molecule has 0 atom stereocenters. The molecule has 29 heavy (non-hydrogen) atoms. The van der Waals surface area contributed by atoms with Gasteiger partial charge in [-0.15, -0.1) is 12.4 Å². The van der Waals surface area contributed by atoms with E-state index < -0.39 is 5.54 Å². The van der Waals surface area contributed by atoms with E-state index in [9.17, 15) is 4.79 Å². The van der Waals surface area contributed by atoms with Crippen LogP contribution < -0.4 is 5.32 Å². The number of carbonyl (C=O) groups excluding carboxylic acids is 1. The van der Waals surface area contributed by atoms with Crippen molar-refractivity contribution in [3.05, 3.63) is 53.9 Å². The maximum absolute atomic E-state index is 13.5. The third-order valence-electron chi connectivity index (χ3n) is 6.64. The van der Waals surface area contributed by atoms with E-state index in [1.807, 2.05) is 16.9 Å². The first-order chi connectivity index (χ1) is 13.7. The number of hydrogen-bond donors (Lipinski definition) is 1. The Bertz CT molecular complexity index is 761. The molecule has 1 aromatic carbocycles. The van der Waals surface area contributed by atoms with Crippen LogP contribution in [-0.4, -0.2) is 46.8 Å². The van der Waals surface area contributed by atoms with Crippen LogP contribution in [-0.2, 0) is 16.8 Å². The van der Waals surface area contributed by atoms with Crippen molar-refractivity contribution in [1.29, 1.82) is 0 Å². The molecule has 3 heterocycles. The van der Waals surface area contributed by atoms with Crippen molar-refractivity contribution in [3.8, 4) is 0 Å². The van der Waals surface area contributed by atoms with Gasteiger partial charge in [0.25, 0.3) is 5.91 Å². The summed E-state index contributed by atoms with van der Waals surface area (Å²) in [6.07, 6.45) is 9.98. The molecule has 2 aliphatic rings. The Morgan fingerprint density at radius 2 is 1.86 bits per heavy atom. The highest BCUT2D eigenvalue weighted by atomic mass is 35.5. The van der Waals surface area contributed by atoms with Gasteiger partial charge in [0.1, 0.15) is 5.54 Å². The third-order valence-corrected chi connectivity index (χ3v) is 6.64. The molecule has 2 aliphatic heterocycles. The van der Waals surface area contributed by atoms with Gasteiger partial charge in [0.05, 0.1) is 0 Å². The summed E-state index contributed by atoms with van der Waals surface area (Å²) in [4.78, 5) is 15.6. The van der Waals surface area contributed by atoms with Crippen molar-refractivity contribution in [2.75, 3.05) is 26.2 Å². The smallest absolute Gasteiger partial charge is 0.250 e. The van der Waals surface area contributed by atoms with Crippen LogP contribution in [0.1, 0.15) is 43.2 Å². The highest BCUT2D eigenvalue weighted by molar-refractivity contribution is 5.85. The molecular formula is C23H33ClN4O. The molecule has 0 aliphatic carbocycles. The second-order valence-electron chi connectivity index (χ2n) is 8.49. The van der Waals surface area contributed by atoms with Crippen molar-refractivity contribution < 1.29 is 4.79 Å². The van der Waals surface area contributed by atoms with Gasteiger partial charge in [0.15, 0.2) is 0 Å². The zero-order valence-electron chi connectivity index (χ0n) is 17.3. The minimum Gasteiger partial charge on any atom is -0.341 e. The molecule has 0 spiro atoms. The summed E-state index contributed by atoms with van der Waals surface area (Å²) < 4.78 is 1.92. The van der Waals surface area contributed by atoms with E-state index in [0.29, 0.717) is 0 Å². The van der Waals surface area contributed by atoms with E-state index in [1.165, 1.54) is 17.5 Å². The van der Waals surface area contributed by atoms with Crippen LogP contribution in [0.25, 0.3) is 0 Å². The molecule has 0 bridgehead atoms. The summed E-state index contributed by atoms with van der Waals surface area (Å²) in [7, 11) is 0. The molecule has 2 fully saturated rings. The van der Waals surface area contributed by atoms with Crippen molar-refractivity contribution in [1.82, 2.24) is 20.0 Å². The Hall–Kier alpha value is -1.85. The number of carbonyl (C=O) groups is 1. The van der Waals surface area contributed by atoms with Crippen LogP contribution >= 0.6 is 12.4 Å². The Kier molecular flexibility index (Phi) is 7.36. The number of aryl methyl sites for hydroxylation is 2. The standard InChI is InChI=1S/C23H32N4O.ClH/c1-19-3-5-20(6-4-19)7-8-21-9-17-26(18-10-21)22(28)23(11-14-24-15-12-23)27-16-2-13-25-27;/h2-6,13,16,21,24H,7-12,14-15,17-18H2,1H3;1H. The summed E-state index contributed by atoms with van der Waals surface area (Å²) in [6, 6.07) is 10.8. The third kappa shape index (κ3) is 4.84. The number of amides is 1. The van der Waals surface area contributed by atoms with Gasteiger partial charge in [-0.05, 0) is 76.1 Å². The molecule has 0 unspecified atom stereocenters.